The van der Waals surface area contributed by atoms with Crippen LogP contribution in [0.5, 0.6) is 11.6 Å². The van der Waals surface area contributed by atoms with E-state index in [1.807, 2.05) is 37.3 Å². The Bertz CT molecular complexity index is 688. The van der Waals surface area contributed by atoms with Gasteiger partial charge < -0.3 is 4.74 Å². The van der Waals surface area contributed by atoms with Gasteiger partial charge in [-0.3, -0.25) is 0 Å². The van der Waals surface area contributed by atoms with Crippen molar-refractivity contribution in [3.8, 4) is 11.6 Å². The SMILES string of the molecule is CCCCS(=O)(=O)NCc1cccc(Oc2ccccn2)c1. The van der Waals surface area contributed by atoms with Crippen molar-refractivity contribution in [2.75, 3.05) is 5.75 Å². The molecule has 0 unspecified atom stereocenters. The lowest BCUT2D eigenvalue weighted by molar-refractivity contribution is 0.462. The Morgan fingerprint density at radius 3 is 2.77 bits per heavy atom. The summed E-state index contributed by atoms with van der Waals surface area (Å²) in [6.07, 6.45) is 3.17. The fourth-order valence-electron chi connectivity index (χ4n) is 1.85. The zero-order chi connectivity index (χ0) is 15.8. The molecule has 1 aromatic carbocycles. The molecule has 0 saturated heterocycles. The zero-order valence-electron chi connectivity index (χ0n) is 12.5. The van der Waals surface area contributed by atoms with E-state index < -0.39 is 10.0 Å². The second kappa shape index (κ2) is 7.91. The lowest BCUT2D eigenvalue weighted by atomic mass is 10.2. The van der Waals surface area contributed by atoms with Gasteiger partial charge in [-0.15, -0.1) is 0 Å². The first-order valence-corrected chi connectivity index (χ1v) is 8.89. The molecule has 6 heteroatoms. The highest BCUT2D eigenvalue weighted by atomic mass is 32.2. The Labute approximate surface area is 131 Å². The normalized spacial score (nSPS) is 11.3. The number of nitrogens with zero attached hydrogens (tertiary/aromatic N) is 1. The minimum atomic E-state index is -3.22. The van der Waals surface area contributed by atoms with Crippen LogP contribution >= 0.6 is 0 Å². The number of ether oxygens (including phenoxy) is 1. The van der Waals surface area contributed by atoms with Crippen molar-refractivity contribution >= 4 is 10.0 Å². The van der Waals surface area contributed by atoms with Crippen LogP contribution in [-0.2, 0) is 16.6 Å². The van der Waals surface area contributed by atoms with Crippen LogP contribution < -0.4 is 9.46 Å². The average Bonchev–Trinajstić information content (AvgIpc) is 2.53. The molecular weight excluding hydrogens is 300 g/mol. The van der Waals surface area contributed by atoms with Crippen LogP contribution in [-0.4, -0.2) is 19.2 Å². The molecule has 0 aliphatic carbocycles. The molecule has 1 aromatic heterocycles. The number of hydrogen-bond acceptors (Lipinski definition) is 4. The molecule has 0 spiro atoms. The van der Waals surface area contributed by atoms with Crippen molar-refractivity contribution < 1.29 is 13.2 Å². The first-order valence-electron chi connectivity index (χ1n) is 7.24. The van der Waals surface area contributed by atoms with Crippen LogP contribution in [0.2, 0.25) is 0 Å². The van der Waals surface area contributed by atoms with E-state index >= 15 is 0 Å². The van der Waals surface area contributed by atoms with Crippen LogP contribution in [0.3, 0.4) is 0 Å². The summed E-state index contributed by atoms with van der Waals surface area (Å²) < 4.78 is 31.8. The number of aromatic nitrogens is 1. The Morgan fingerprint density at radius 1 is 1.18 bits per heavy atom. The largest absolute Gasteiger partial charge is 0.439 e. The summed E-state index contributed by atoms with van der Waals surface area (Å²) >= 11 is 0. The fraction of sp³-hybridized carbons (Fsp3) is 0.312. The van der Waals surface area contributed by atoms with E-state index in [9.17, 15) is 8.42 Å². The molecule has 5 nitrogen and oxygen atoms in total. The highest BCUT2D eigenvalue weighted by molar-refractivity contribution is 7.89. The highest BCUT2D eigenvalue weighted by Crippen LogP contribution is 2.20. The minimum Gasteiger partial charge on any atom is -0.439 e. The van der Waals surface area contributed by atoms with Crippen molar-refractivity contribution in [2.24, 2.45) is 0 Å². The summed E-state index contributed by atoms with van der Waals surface area (Å²) in [5.74, 6) is 1.29. The summed E-state index contributed by atoms with van der Waals surface area (Å²) in [7, 11) is -3.22. The van der Waals surface area contributed by atoms with E-state index in [0.717, 1.165) is 12.0 Å². The van der Waals surface area contributed by atoms with E-state index in [4.69, 9.17) is 4.74 Å². The van der Waals surface area contributed by atoms with Gasteiger partial charge in [0.2, 0.25) is 15.9 Å². The van der Waals surface area contributed by atoms with E-state index in [1.165, 1.54) is 0 Å². The van der Waals surface area contributed by atoms with Gasteiger partial charge in [0.1, 0.15) is 5.75 Å². The lowest BCUT2D eigenvalue weighted by Crippen LogP contribution is -2.25. The summed E-state index contributed by atoms with van der Waals surface area (Å²) in [6.45, 7) is 2.22. The second-order valence-corrected chi connectivity index (χ2v) is 6.84. The average molecular weight is 320 g/mol. The molecule has 0 radical (unpaired) electrons. The highest BCUT2D eigenvalue weighted by Gasteiger charge is 2.09. The summed E-state index contributed by atoms with van der Waals surface area (Å²) in [5, 5.41) is 0. The number of hydrogen-bond donors (Lipinski definition) is 1. The van der Waals surface area contributed by atoms with E-state index in [-0.39, 0.29) is 12.3 Å². The van der Waals surface area contributed by atoms with Gasteiger partial charge in [0, 0.05) is 18.8 Å². The maximum Gasteiger partial charge on any atom is 0.219 e. The molecule has 0 saturated carbocycles. The van der Waals surface area contributed by atoms with E-state index in [2.05, 4.69) is 9.71 Å². The van der Waals surface area contributed by atoms with Crippen LogP contribution in [0.1, 0.15) is 25.3 Å². The number of rotatable bonds is 8. The van der Waals surface area contributed by atoms with Gasteiger partial charge in [-0.05, 0) is 30.2 Å². The number of sulfonamides is 1. The molecule has 1 N–H and O–H groups in total. The molecule has 0 atom stereocenters. The third-order valence-corrected chi connectivity index (χ3v) is 4.43. The van der Waals surface area contributed by atoms with Crippen LogP contribution in [0, 0.1) is 0 Å². The molecule has 22 heavy (non-hydrogen) atoms. The maximum atomic E-state index is 11.8. The fourth-order valence-corrected chi connectivity index (χ4v) is 3.05. The van der Waals surface area contributed by atoms with Gasteiger partial charge in [0.15, 0.2) is 0 Å². The number of pyridine rings is 1. The molecule has 1 heterocycles. The standard InChI is InChI=1S/C16H20N2O3S/c1-2-3-11-22(19,20)18-13-14-7-6-8-15(12-14)21-16-9-4-5-10-17-16/h4-10,12,18H,2-3,11,13H2,1H3. The monoisotopic (exact) mass is 320 g/mol. The van der Waals surface area contributed by atoms with E-state index in [0.29, 0.717) is 18.1 Å². The molecule has 0 bridgehead atoms. The Balaban J connectivity index is 1.97. The minimum absolute atomic E-state index is 0.160. The van der Waals surface area contributed by atoms with Crippen molar-refractivity contribution in [1.29, 1.82) is 0 Å². The molecule has 118 valence electrons. The Kier molecular flexibility index (Phi) is 5.91. The Morgan fingerprint density at radius 2 is 2.05 bits per heavy atom. The first kappa shape index (κ1) is 16.5. The lowest BCUT2D eigenvalue weighted by Gasteiger charge is -2.08. The van der Waals surface area contributed by atoms with Gasteiger partial charge in [-0.25, -0.2) is 18.1 Å². The molecule has 0 aliphatic heterocycles. The third kappa shape index (κ3) is 5.46. The van der Waals surface area contributed by atoms with Gasteiger partial charge in [0.25, 0.3) is 0 Å². The maximum absolute atomic E-state index is 11.8. The van der Waals surface area contributed by atoms with Crippen LogP contribution in [0.25, 0.3) is 0 Å². The molecule has 0 aliphatic rings. The molecule has 0 fully saturated rings. The van der Waals surface area contributed by atoms with Gasteiger partial charge >= 0.3 is 0 Å². The number of unbranched alkanes of at least 4 members (excludes halogenated alkanes) is 1. The molecule has 0 amide bonds. The molecule has 2 rings (SSSR count). The van der Waals surface area contributed by atoms with Crippen molar-refractivity contribution in [3.63, 3.8) is 0 Å². The number of benzene rings is 1. The van der Waals surface area contributed by atoms with Crippen LogP contribution in [0.4, 0.5) is 0 Å². The van der Waals surface area contributed by atoms with Crippen LogP contribution in [0.15, 0.2) is 48.7 Å². The van der Waals surface area contributed by atoms with Gasteiger partial charge in [0.05, 0.1) is 5.75 Å². The quantitative estimate of drug-likeness (QED) is 0.811. The zero-order valence-corrected chi connectivity index (χ0v) is 13.3. The van der Waals surface area contributed by atoms with Crippen molar-refractivity contribution in [3.05, 3.63) is 54.2 Å². The smallest absolute Gasteiger partial charge is 0.219 e. The summed E-state index contributed by atoms with van der Waals surface area (Å²) in [6, 6.07) is 12.7. The second-order valence-electron chi connectivity index (χ2n) is 4.91. The van der Waals surface area contributed by atoms with Gasteiger partial charge in [-0.1, -0.05) is 31.5 Å². The summed E-state index contributed by atoms with van der Waals surface area (Å²) in [4.78, 5) is 4.09. The van der Waals surface area contributed by atoms with Crippen molar-refractivity contribution in [1.82, 2.24) is 9.71 Å². The predicted molar refractivity (Wildman–Crippen MR) is 86.3 cm³/mol. The molecular formula is C16H20N2O3S. The predicted octanol–water partition coefficient (Wildman–Crippen LogP) is 3.09. The Hall–Kier alpha value is -1.92. The molecule has 2 aromatic rings. The topological polar surface area (TPSA) is 68.3 Å². The first-order chi connectivity index (χ1) is 10.6. The van der Waals surface area contributed by atoms with E-state index in [1.54, 1.807) is 18.3 Å². The number of nitrogens with one attached hydrogen (secondary N) is 1. The summed E-state index contributed by atoms with van der Waals surface area (Å²) in [5.41, 5.74) is 0.841. The van der Waals surface area contributed by atoms with Gasteiger partial charge in [-0.2, -0.15) is 0 Å². The third-order valence-electron chi connectivity index (χ3n) is 3.02. The van der Waals surface area contributed by atoms with Crippen molar-refractivity contribution in [2.45, 2.75) is 26.3 Å².